The summed E-state index contributed by atoms with van der Waals surface area (Å²) in [5.41, 5.74) is 3.40. The Hall–Kier alpha value is -0.863. The van der Waals surface area contributed by atoms with Crippen molar-refractivity contribution >= 4 is 9.76 Å². The first kappa shape index (κ1) is 9.23. The summed E-state index contributed by atoms with van der Waals surface area (Å²) in [5, 5.41) is 0. The highest BCUT2D eigenvalue weighted by atomic mass is 28.2. The predicted octanol–water partition coefficient (Wildman–Crippen LogP) is 1.82. The minimum Gasteiger partial charge on any atom is -0.415 e. The molecule has 0 aliphatic heterocycles. The Labute approximate surface area is 76.0 Å². The van der Waals surface area contributed by atoms with Crippen molar-refractivity contribution in [2.75, 3.05) is 0 Å². The number of hydrogen-bond donors (Lipinski definition) is 0. The van der Waals surface area contributed by atoms with Crippen LogP contribution in [0.4, 0.5) is 0 Å². The Morgan fingerprint density at radius 1 is 1.33 bits per heavy atom. The number of hydrogen-bond acceptors (Lipinski definition) is 1. The first-order valence-corrected chi connectivity index (χ1v) is 5.55. The van der Waals surface area contributed by atoms with Gasteiger partial charge in [-0.25, -0.2) is 0 Å². The summed E-state index contributed by atoms with van der Waals surface area (Å²) in [7, 11) is -0.413. The molecule has 0 heterocycles. The van der Waals surface area contributed by atoms with E-state index in [1.807, 2.05) is 25.1 Å². The fourth-order valence-electron chi connectivity index (χ4n) is 0.915. The van der Waals surface area contributed by atoms with Crippen molar-refractivity contribution in [2.24, 2.45) is 0 Å². The molecule has 1 rings (SSSR count). The third kappa shape index (κ3) is 3.51. The predicted molar refractivity (Wildman–Crippen MR) is 54.6 cm³/mol. The van der Waals surface area contributed by atoms with Gasteiger partial charge in [-0.2, -0.15) is 0 Å². The Bertz CT molecular complexity index is 231. The molecule has 0 aromatic heterocycles. The van der Waals surface area contributed by atoms with Crippen LogP contribution in [0.2, 0.25) is 0 Å². The molecular weight excluding hydrogens is 164 g/mol. The van der Waals surface area contributed by atoms with Crippen molar-refractivity contribution in [3.63, 3.8) is 0 Å². The van der Waals surface area contributed by atoms with Crippen LogP contribution >= 0.6 is 0 Å². The van der Waals surface area contributed by atoms with Crippen molar-refractivity contribution in [1.82, 2.24) is 0 Å². The molecule has 0 amide bonds. The molecule has 0 radical (unpaired) electrons. The van der Waals surface area contributed by atoms with Crippen LogP contribution in [0, 0.1) is 0 Å². The standard InChI is InChI=1S/C10H14OSi/c1-2-8-12-11-9-10-6-4-3-5-7-10/h2-8H,9,12H2,1H3. The van der Waals surface area contributed by atoms with E-state index in [0.29, 0.717) is 0 Å². The molecule has 2 heteroatoms. The minimum atomic E-state index is -0.413. The Morgan fingerprint density at radius 3 is 2.75 bits per heavy atom. The van der Waals surface area contributed by atoms with Crippen LogP contribution < -0.4 is 0 Å². The number of allylic oxidation sites excluding steroid dienone is 1. The molecule has 0 fully saturated rings. The molecular formula is C10H14OSi. The van der Waals surface area contributed by atoms with E-state index in [9.17, 15) is 0 Å². The molecule has 0 aliphatic carbocycles. The average Bonchev–Trinajstić information content (AvgIpc) is 2.14. The van der Waals surface area contributed by atoms with Gasteiger partial charge in [-0.1, -0.05) is 42.1 Å². The molecule has 0 atom stereocenters. The molecule has 1 aromatic carbocycles. The van der Waals surface area contributed by atoms with Crippen LogP contribution in [0.5, 0.6) is 0 Å². The first-order valence-electron chi connectivity index (χ1n) is 4.16. The van der Waals surface area contributed by atoms with Gasteiger partial charge in [-0.3, -0.25) is 0 Å². The molecule has 0 saturated heterocycles. The quantitative estimate of drug-likeness (QED) is 0.505. The van der Waals surface area contributed by atoms with Crippen molar-refractivity contribution in [3.05, 3.63) is 47.7 Å². The summed E-state index contributed by atoms with van der Waals surface area (Å²) >= 11 is 0. The van der Waals surface area contributed by atoms with Crippen LogP contribution in [0.15, 0.2) is 42.1 Å². The summed E-state index contributed by atoms with van der Waals surface area (Å²) in [6, 6.07) is 10.3. The van der Waals surface area contributed by atoms with Crippen LogP contribution in [0.1, 0.15) is 12.5 Å². The normalized spacial score (nSPS) is 11.8. The van der Waals surface area contributed by atoms with Crippen molar-refractivity contribution < 1.29 is 4.43 Å². The zero-order valence-electron chi connectivity index (χ0n) is 7.36. The monoisotopic (exact) mass is 178 g/mol. The summed E-state index contributed by atoms with van der Waals surface area (Å²) in [4.78, 5) is 0. The van der Waals surface area contributed by atoms with Crippen LogP contribution in [0.3, 0.4) is 0 Å². The number of rotatable bonds is 4. The van der Waals surface area contributed by atoms with Crippen molar-refractivity contribution in [3.8, 4) is 0 Å². The van der Waals surface area contributed by atoms with Crippen LogP contribution in [-0.4, -0.2) is 9.76 Å². The van der Waals surface area contributed by atoms with Gasteiger partial charge < -0.3 is 4.43 Å². The highest BCUT2D eigenvalue weighted by molar-refractivity contribution is 6.34. The first-order chi connectivity index (χ1) is 5.93. The summed E-state index contributed by atoms with van der Waals surface area (Å²) in [5.74, 6) is 0. The third-order valence-electron chi connectivity index (χ3n) is 1.56. The maximum atomic E-state index is 5.51. The van der Waals surface area contributed by atoms with Gasteiger partial charge in [-0.15, -0.1) is 0 Å². The smallest absolute Gasteiger partial charge is 0.185 e. The second kappa shape index (κ2) is 5.74. The average molecular weight is 178 g/mol. The van der Waals surface area contributed by atoms with E-state index in [-0.39, 0.29) is 0 Å². The maximum absolute atomic E-state index is 5.51. The van der Waals surface area contributed by atoms with E-state index in [0.717, 1.165) is 6.61 Å². The molecule has 0 saturated carbocycles. The van der Waals surface area contributed by atoms with E-state index in [1.54, 1.807) is 0 Å². The van der Waals surface area contributed by atoms with Crippen LogP contribution in [-0.2, 0) is 11.0 Å². The molecule has 64 valence electrons. The fraction of sp³-hybridized carbons (Fsp3) is 0.200. The molecule has 0 aliphatic rings. The second-order valence-corrected chi connectivity index (χ2v) is 3.78. The minimum absolute atomic E-state index is 0.413. The molecule has 0 unspecified atom stereocenters. The van der Waals surface area contributed by atoms with Crippen molar-refractivity contribution in [1.29, 1.82) is 0 Å². The second-order valence-electron chi connectivity index (χ2n) is 2.57. The summed E-state index contributed by atoms with van der Waals surface area (Å²) < 4.78 is 5.51. The summed E-state index contributed by atoms with van der Waals surface area (Å²) in [6.45, 7) is 2.79. The van der Waals surface area contributed by atoms with Gasteiger partial charge in [0.25, 0.3) is 0 Å². The Kier molecular flexibility index (Phi) is 4.42. The fourth-order valence-corrected chi connectivity index (χ4v) is 1.60. The highest BCUT2D eigenvalue weighted by Gasteiger charge is 1.88. The Balaban J connectivity index is 2.24. The van der Waals surface area contributed by atoms with Gasteiger partial charge >= 0.3 is 0 Å². The van der Waals surface area contributed by atoms with E-state index in [1.165, 1.54) is 5.56 Å². The zero-order chi connectivity index (χ0) is 8.65. The van der Waals surface area contributed by atoms with Gasteiger partial charge in [0.05, 0.1) is 6.61 Å². The molecule has 0 bridgehead atoms. The van der Waals surface area contributed by atoms with E-state index in [4.69, 9.17) is 4.43 Å². The zero-order valence-corrected chi connectivity index (χ0v) is 8.78. The molecule has 1 aromatic rings. The maximum Gasteiger partial charge on any atom is 0.185 e. The lowest BCUT2D eigenvalue weighted by Crippen LogP contribution is -1.95. The van der Waals surface area contributed by atoms with Gasteiger partial charge in [0, 0.05) is 0 Å². The molecule has 0 spiro atoms. The molecule has 12 heavy (non-hydrogen) atoms. The summed E-state index contributed by atoms with van der Waals surface area (Å²) in [6.07, 6.45) is 2.05. The van der Waals surface area contributed by atoms with Crippen LogP contribution in [0.25, 0.3) is 0 Å². The lowest BCUT2D eigenvalue weighted by atomic mass is 10.2. The lowest BCUT2D eigenvalue weighted by Gasteiger charge is -1.99. The Morgan fingerprint density at radius 2 is 2.08 bits per heavy atom. The SMILES string of the molecule is CC=C[SiH2]OCc1ccccc1. The van der Waals surface area contributed by atoms with E-state index < -0.39 is 9.76 Å². The van der Waals surface area contributed by atoms with E-state index >= 15 is 0 Å². The van der Waals surface area contributed by atoms with Gasteiger partial charge in [0.15, 0.2) is 9.76 Å². The molecule has 0 N–H and O–H groups in total. The van der Waals surface area contributed by atoms with Gasteiger partial charge in [0.1, 0.15) is 0 Å². The van der Waals surface area contributed by atoms with Gasteiger partial charge in [-0.05, 0) is 12.5 Å². The van der Waals surface area contributed by atoms with Crippen molar-refractivity contribution in [2.45, 2.75) is 13.5 Å². The van der Waals surface area contributed by atoms with Gasteiger partial charge in [0.2, 0.25) is 0 Å². The third-order valence-corrected chi connectivity index (χ3v) is 2.67. The number of benzene rings is 1. The largest absolute Gasteiger partial charge is 0.415 e. The van der Waals surface area contributed by atoms with E-state index in [2.05, 4.69) is 23.9 Å². The lowest BCUT2D eigenvalue weighted by molar-refractivity contribution is 0.330. The topological polar surface area (TPSA) is 9.23 Å². The molecule has 1 nitrogen and oxygen atoms in total. The highest BCUT2D eigenvalue weighted by Crippen LogP contribution is 1.99.